The SMILES string of the molecule is CN1C(=O)C(/C=N/c2nn[nH]n2)C(=O)N(C)C1=O. The number of hydrogen-bond donors (Lipinski definition) is 1. The topological polar surface area (TPSA) is 125 Å². The van der Waals surface area contributed by atoms with Gasteiger partial charge in [-0.2, -0.15) is 5.21 Å². The molecule has 1 N–H and O–H groups in total. The number of imide groups is 2. The third-order valence-corrected chi connectivity index (χ3v) is 2.44. The van der Waals surface area contributed by atoms with Gasteiger partial charge in [0.05, 0.1) is 0 Å². The van der Waals surface area contributed by atoms with Gasteiger partial charge in [0.25, 0.3) is 5.95 Å². The molecule has 0 radical (unpaired) electrons. The molecule has 18 heavy (non-hydrogen) atoms. The number of amides is 4. The zero-order valence-electron chi connectivity index (χ0n) is 9.56. The van der Waals surface area contributed by atoms with Crippen molar-refractivity contribution in [2.24, 2.45) is 10.9 Å². The number of tetrazole rings is 1. The van der Waals surface area contributed by atoms with Gasteiger partial charge < -0.3 is 0 Å². The Balaban J connectivity index is 2.24. The molecule has 0 atom stereocenters. The van der Waals surface area contributed by atoms with Crippen LogP contribution in [0.5, 0.6) is 0 Å². The van der Waals surface area contributed by atoms with E-state index < -0.39 is 23.8 Å². The lowest BCUT2D eigenvalue weighted by Gasteiger charge is -2.30. The molecule has 10 nitrogen and oxygen atoms in total. The molecule has 1 aliphatic rings. The fourth-order valence-electron chi connectivity index (χ4n) is 1.42. The quantitative estimate of drug-likeness (QED) is 0.507. The fraction of sp³-hybridized carbons (Fsp3) is 0.375. The normalized spacial score (nSPS) is 18.2. The van der Waals surface area contributed by atoms with E-state index in [9.17, 15) is 14.4 Å². The predicted molar refractivity (Wildman–Crippen MR) is 56.8 cm³/mol. The summed E-state index contributed by atoms with van der Waals surface area (Å²) < 4.78 is 0. The third-order valence-electron chi connectivity index (χ3n) is 2.44. The van der Waals surface area contributed by atoms with E-state index in [4.69, 9.17) is 0 Å². The van der Waals surface area contributed by atoms with E-state index in [2.05, 4.69) is 25.6 Å². The number of carbonyl (C=O) groups is 3. The van der Waals surface area contributed by atoms with E-state index in [1.165, 1.54) is 14.1 Å². The van der Waals surface area contributed by atoms with Crippen LogP contribution >= 0.6 is 0 Å². The van der Waals surface area contributed by atoms with Crippen molar-refractivity contribution in [3.05, 3.63) is 0 Å². The molecule has 2 rings (SSSR count). The maximum absolute atomic E-state index is 11.8. The van der Waals surface area contributed by atoms with Crippen molar-refractivity contribution in [1.29, 1.82) is 0 Å². The summed E-state index contributed by atoms with van der Waals surface area (Å²) in [6.07, 6.45) is 1.09. The summed E-state index contributed by atoms with van der Waals surface area (Å²) >= 11 is 0. The van der Waals surface area contributed by atoms with Crippen molar-refractivity contribution in [1.82, 2.24) is 30.4 Å². The van der Waals surface area contributed by atoms with Gasteiger partial charge in [-0.15, -0.1) is 5.10 Å². The molecule has 1 fully saturated rings. The van der Waals surface area contributed by atoms with Crippen LogP contribution in [0.2, 0.25) is 0 Å². The zero-order chi connectivity index (χ0) is 13.3. The lowest BCUT2D eigenvalue weighted by molar-refractivity contribution is -0.144. The molecule has 10 heteroatoms. The first-order valence-corrected chi connectivity index (χ1v) is 4.89. The summed E-state index contributed by atoms with van der Waals surface area (Å²) in [5.41, 5.74) is 0. The third kappa shape index (κ3) is 1.83. The second-order valence-corrected chi connectivity index (χ2v) is 3.54. The van der Waals surface area contributed by atoms with E-state index in [-0.39, 0.29) is 5.95 Å². The molecule has 0 bridgehead atoms. The van der Waals surface area contributed by atoms with Crippen LogP contribution in [-0.2, 0) is 9.59 Å². The van der Waals surface area contributed by atoms with Crippen LogP contribution < -0.4 is 0 Å². The second-order valence-electron chi connectivity index (χ2n) is 3.54. The first-order chi connectivity index (χ1) is 8.52. The van der Waals surface area contributed by atoms with Crippen molar-refractivity contribution in [2.45, 2.75) is 0 Å². The first-order valence-electron chi connectivity index (χ1n) is 4.89. The molecule has 0 unspecified atom stereocenters. The monoisotopic (exact) mass is 251 g/mol. The predicted octanol–water partition coefficient (Wildman–Crippen LogP) is -1.43. The van der Waals surface area contributed by atoms with Crippen molar-refractivity contribution < 1.29 is 14.4 Å². The highest BCUT2D eigenvalue weighted by Gasteiger charge is 2.41. The molecule has 1 aromatic rings. The number of carbonyl (C=O) groups excluding carboxylic acids is 3. The number of hydrogen-bond acceptors (Lipinski definition) is 7. The smallest absolute Gasteiger partial charge is 0.273 e. The summed E-state index contributed by atoms with van der Waals surface area (Å²) in [5.74, 6) is -2.44. The van der Waals surface area contributed by atoms with Gasteiger partial charge in [-0.05, 0) is 5.21 Å². The van der Waals surface area contributed by atoms with Crippen molar-refractivity contribution in [2.75, 3.05) is 14.1 Å². The Morgan fingerprint density at radius 1 is 1.22 bits per heavy atom. The highest BCUT2D eigenvalue weighted by Crippen LogP contribution is 2.14. The first kappa shape index (κ1) is 11.8. The molecule has 1 aromatic heterocycles. The lowest BCUT2D eigenvalue weighted by Crippen LogP contribution is -2.57. The Hall–Kier alpha value is -2.65. The minimum absolute atomic E-state index is 0.00203. The average molecular weight is 251 g/mol. The Kier molecular flexibility index (Phi) is 2.83. The molecule has 0 aromatic carbocycles. The average Bonchev–Trinajstić information content (AvgIpc) is 2.87. The Labute approximate surface area is 101 Å². The summed E-state index contributed by atoms with van der Waals surface area (Å²) in [6.45, 7) is 0. The molecule has 0 aliphatic carbocycles. The van der Waals surface area contributed by atoms with Gasteiger partial charge in [-0.25, -0.2) is 9.79 Å². The van der Waals surface area contributed by atoms with Gasteiger partial charge in [0.2, 0.25) is 11.8 Å². The molecule has 1 saturated heterocycles. The summed E-state index contributed by atoms with van der Waals surface area (Å²) in [6, 6.07) is -0.672. The van der Waals surface area contributed by atoms with Crippen LogP contribution in [0, 0.1) is 5.92 Å². The second kappa shape index (κ2) is 4.31. The molecule has 94 valence electrons. The van der Waals surface area contributed by atoms with Gasteiger partial charge in [0.15, 0.2) is 5.92 Å². The molecule has 0 saturated carbocycles. The Morgan fingerprint density at radius 2 is 1.83 bits per heavy atom. The van der Waals surface area contributed by atoms with Crippen LogP contribution in [0.3, 0.4) is 0 Å². The molecule has 4 amide bonds. The number of nitrogens with zero attached hydrogens (tertiary/aromatic N) is 6. The van der Waals surface area contributed by atoms with E-state index in [1.54, 1.807) is 0 Å². The van der Waals surface area contributed by atoms with Gasteiger partial charge in [0, 0.05) is 20.3 Å². The standard InChI is InChI=1S/C8H9N7O3/c1-14-5(16)4(6(17)15(2)8(14)18)3-9-7-10-12-13-11-7/h3-4H,1-2H3,(H,10,11,12,13)/b9-3+. The minimum Gasteiger partial charge on any atom is -0.273 e. The minimum atomic E-state index is -1.16. The Morgan fingerprint density at radius 3 is 2.33 bits per heavy atom. The highest BCUT2D eigenvalue weighted by atomic mass is 16.2. The van der Waals surface area contributed by atoms with Gasteiger partial charge >= 0.3 is 6.03 Å². The van der Waals surface area contributed by atoms with Crippen LogP contribution in [0.1, 0.15) is 0 Å². The highest BCUT2D eigenvalue weighted by molar-refractivity contribution is 6.23. The number of H-pyrrole nitrogens is 1. The maximum atomic E-state index is 11.8. The van der Waals surface area contributed by atoms with E-state index in [1.807, 2.05) is 0 Å². The summed E-state index contributed by atoms with van der Waals surface area (Å²) in [5, 5.41) is 12.5. The number of aliphatic imine (C=N–C) groups is 1. The van der Waals surface area contributed by atoms with E-state index in [0.29, 0.717) is 0 Å². The van der Waals surface area contributed by atoms with E-state index >= 15 is 0 Å². The number of barbiturate groups is 1. The van der Waals surface area contributed by atoms with Crippen LogP contribution in [0.25, 0.3) is 0 Å². The van der Waals surface area contributed by atoms with Crippen molar-refractivity contribution >= 4 is 30.0 Å². The number of nitrogens with one attached hydrogen (secondary N) is 1. The van der Waals surface area contributed by atoms with Crippen molar-refractivity contribution in [3.8, 4) is 0 Å². The number of urea groups is 1. The summed E-state index contributed by atoms with van der Waals surface area (Å²) in [4.78, 5) is 40.4. The maximum Gasteiger partial charge on any atom is 0.332 e. The summed E-state index contributed by atoms with van der Waals surface area (Å²) in [7, 11) is 2.59. The lowest BCUT2D eigenvalue weighted by atomic mass is 10.1. The van der Waals surface area contributed by atoms with Gasteiger partial charge in [0.1, 0.15) is 0 Å². The van der Waals surface area contributed by atoms with E-state index in [0.717, 1.165) is 16.0 Å². The molecule has 0 spiro atoms. The number of aromatic amines is 1. The number of aromatic nitrogens is 4. The molecular formula is C8H9N7O3. The van der Waals surface area contributed by atoms with Gasteiger partial charge in [-0.3, -0.25) is 19.4 Å². The van der Waals surface area contributed by atoms with Gasteiger partial charge in [-0.1, -0.05) is 5.10 Å². The zero-order valence-corrected chi connectivity index (χ0v) is 9.56. The van der Waals surface area contributed by atoms with Crippen LogP contribution in [-0.4, -0.2) is 68.6 Å². The number of rotatable bonds is 2. The molecule has 1 aliphatic heterocycles. The Bertz CT molecular complexity index is 499. The molecular weight excluding hydrogens is 242 g/mol. The van der Waals surface area contributed by atoms with Crippen LogP contribution in [0.15, 0.2) is 4.99 Å². The largest absolute Gasteiger partial charge is 0.332 e. The molecule has 2 heterocycles. The van der Waals surface area contributed by atoms with Crippen LogP contribution in [0.4, 0.5) is 10.7 Å². The fourth-order valence-corrected chi connectivity index (χ4v) is 1.42. The van der Waals surface area contributed by atoms with Crippen molar-refractivity contribution in [3.63, 3.8) is 0 Å².